The monoisotopic (exact) mass is 275 g/mol. The van der Waals surface area contributed by atoms with Crippen LogP contribution in [0.1, 0.15) is 15.3 Å². The molecule has 0 N–H and O–H groups in total. The molecule has 0 spiro atoms. The molecule has 3 rings (SSSR count). The Kier molecular flexibility index (Phi) is 2.84. The van der Waals surface area contributed by atoms with Crippen molar-refractivity contribution in [3.63, 3.8) is 0 Å². The van der Waals surface area contributed by atoms with Crippen LogP contribution in [0.2, 0.25) is 0 Å². The topological polar surface area (TPSA) is 22.1 Å². The van der Waals surface area contributed by atoms with Crippen LogP contribution in [0.15, 0.2) is 24.3 Å². The first-order valence-electron chi connectivity index (χ1n) is 5.74. The highest BCUT2D eigenvalue weighted by Crippen LogP contribution is 2.38. The molecule has 0 amide bonds. The molecule has 0 atom stereocenters. The van der Waals surface area contributed by atoms with Crippen LogP contribution in [0, 0.1) is 20.8 Å². The molecule has 0 saturated carbocycles. The van der Waals surface area contributed by atoms with Crippen molar-refractivity contribution in [2.45, 2.75) is 20.8 Å². The Balaban J connectivity index is 1.95. The van der Waals surface area contributed by atoms with Gasteiger partial charge in [-0.3, -0.25) is 0 Å². The van der Waals surface area contributed by atoms with Gasteiger partial charge in [-0.15, -0.1) is 11.3 Å². The van der Waals surface area contributed by atoms with Gasteiger partial charge < -0.3 is 4.74 Å². The van der Waals surface area contributed by atoms with Crippen molar-refractivity contribution in [3.05, 3.63) is 39.6 Å². The van der Waals surface area contributed by atoms with Crippen molar-refractivity contribution in [2.24, 2.45) is 0 Å². The first-order chi connectivity index (χ1) is 8.63. The average molecular weight is 275 g/mol. The van der Waals surface area contributed by atoms with Crippen LogP contribution in [-0.2, 0) is 0 Å². The van der Waals surface area contributed by atoms with E-state index in [0.717, 1.165) is 16.5 Å². The fourth-order valence-electron chi connectivity index (χ4n) is 1.85. The molecule has 0 aliphatic carbocycles. The van der Waals surface area contributed by atoms with Crippen molar-refractivity contribution in [2.75, 3.05) is 0 Å². The van der Waals surface area contributed by atoms with Crippen molar-refractivity contribution < 1.29 is 4.74 Å². The van der Waals surface area contributed by atoms with E-state index in [2.05, 4.69) is 25.8 Å². The number of hydrogen-bond donors (Lipinski definition) is 0. The molecule has 18 heavy (non-hydrogen) atoms. The van der Waals surface area contributed by atoms with Crippen molar-refractivity contribution in [1.82, 2.24) is 4.98 Å². The summed E-state index contributed by atoms with van der Waals surface area (Å²) in [6.07, 6.45) is 0. The number of aryl methyl sites for hydroxylation is 3. The quantitative estimate of drug-likeness (QED) is 0.651. The van der Waals surface area contributed by atoms with Gasteiger partial charge in [0.1, 0.15) is 5.75 Å². The smallest absolute Gasteiger partial charge is 0.279 e. The summed E-state index contributed by atoms with van der Waals surface area (Å²) in [5.74, 6) is 0.844. The molecule has 0 unspecified atom stereocenters. The van der Waals surface area contributed by atoms with E-state index in [9.17, 15) is 0 Å². The highest BCUT2D eigenvalue weighted by atomic mass is 32.1. The number of thiazole rings is 1. The maximum atomic E-state index is 5.80. The van der Waals surface area contributed by atoms with Crippen LogP contribution >= 0.6 is 22.7 Å². The molecule has 0 aliphatic heterocycles. The third-order valence-electron chi connectivity index (χ3n) is 2.79. The van der Waals surface area contributed by atoms with Crippen LogP contribution in [0.25, 0.3) is 10.2 Å². The number of nitrogens with zero attached hydrogens (tertiary/aromatic N) is 1. The highest BCUT2D eigenvalue weighted by Gasteiger charge is 2.12. The van der Waals surface area contributed by atoms with Crippen molar-refractivity contribution >= 4 is 32.9 Å². The molecular weight excluding hydrogens is 262 g/mol. The zero-order valence-electron chi connectivity index (χ0n) is 10.5. The zero-order valence-corrected chi connectivity index (χ0v) is 12.1. The summed E-state index contributed by atoms with van der Waals surface area (Å²) in [6, 6.07) is 8.04. The van der Waals surface area contributed by atoms with Crippen LogP contribution in [0.5, 0.6) is 10.9 Å². The molecule has 1 aromatic carbocycles. The van der Waals surface area contributed by atoms with E-state index in [1.165, 1.54) is 20.0 Å². The largest absolute Gasteiger partial charge is 0.431 e. The standard InChI is InChI=1S/C14H13NOS2/c1-8-4-6-11(7-5-8)16-14-15-12-9(2)17-10(3)13(12)18-14/h4-7H,1-3H3. The molecule has 0 radical (unpaired) electrons. The molecule has 2 heterocycles. The van der Waals surface area contributed by atoms with Gasteiger partial charge >= 0.3 is 0 Å². The van der Waals surface area contributed by atoms with Gasteiger partial charge in [0.05, 0.1) is 10.2 Å². The van der Waals surface area contributed by atoms with E-state index >= 15 is 0 Å². The Bertz CT molecular complexity index is 660. The molecule has 2 aromatic heterocycles. The molecule has 0 bridgehead atoms. The number of ether oxygens (including phenoxy) is 1. The first-order valence-corrected chi connectivity index (χ1v) is 7.38. The summed E-state index contributed by atoms with van der Waals surface area (Å²) in [5.41, 5.74) is 2.32. The average Bonchev–Trinajstić information content (AvgIpc) is 2.85. The zero-order chi connectivity index (χ0) is 12.7. The molecule has 0 fully saturated rings. The Morgan fingerprint density at radius 3 is 2.33 bits per heavy atom. The van der Waals surface area contributed by atoms with E-state index in [1.807, 2.05) is 24.3 Å². The second-order valence-electron chi connectivity index (χ2n) is 4.29. The Morgan fingerprint density at radius 2 is 1.67 bits per heavy atom. The number of benzene rings is 1. The molecule has 2 nitrogen and oxygen atoms in total. The summed E-state index contributed by atoms with van der Waals surface area (Å²) in [5, 5.41) is 0.725. The third-order valence-corrected chi connectivity index (χ3v) is 4.99. The fourth-order valence-corrected chi connectivity index (χ4v) is 3.95. The summed E-state index contributed by atoms with van der Waals surface area (Å²) in [7, 11) is 0. The van der Waals surface area contributed by atoms with E-state index in [0.29, 0.717) is 0 Å². The van der Waals surface area contributed by atoms with Gasteiger partial charge in [0.15, 0.2) is 0 Å². The van der Waals surface area contributed by atoms with Crippen LogP contribution in [0.4, 0.5) is 0 Å². The number of thiophene rings is 1. The predicted octanol–water partition coefficient (Wildman–Crippen LogP) is 5.08. The normalized spacial score (nSPS) is 11.1. The SMILES string of the molecule is Cc1ccc(Oc2nc3c(C)sc(C)c3s2)cc1. The van der Waals surface area contributed by atoms with Gasteiger partial charge in [-0.2, -0.15) is 0 Å². The minimum Gasteiger partial charge on any atom is -0.431 e. The number of fused-ring (bicyclic) bond motifs is 1. The second kappa shape index (κ2) is 4.37. The predicted molar refractivity (Wildman–Crippen MR) is 78.2 cm³/mol. The lowest BCUT2D eigenvalue weighted by atomic mass is 10.2. The second-order valence-corrected chi connectivity index (χ2v) is 6.68. The third kappa shape index (κ3) is 2.02. The maximum Gasteiger partial charge on any atom is 0.279 e. The van der Waals surface area contributed by atoms with E-state index < -0.39 is 0 Å². The fraction of sp³-hybridized carbons (Fsp3) is 0.214. The molecule has 0 saturated heterocycles. The summed E-state index contributed by atoms with van der Waals surface area (Å²) in [6.45, 7) is 6.30. The first kappa shape index (κ1) is 11.7. The number of rotatable bonds is 2. The Labute approximate surface area is 114 Å². The molecular formula is C14H13NOS2. The van der Waals surface area contributed by atoms with Crippen molar-refractivity contribution in [1.29, 1.82) is 0 Å². The Hall–Kier alpha value is -1.39. The van der Waals surface area contributed by atoms with Crippen molar-refractivity contribution in [3.8, 4) is 10.9 Å². The van der Waals surface area contributed by atoms with Gasteiger partial charge in [-0.1, -0.05) is 29.0 Å². The minimum atomic E-state index is 0.725. The molecule has 3 aromatic rings. The molecule has 92 valence electrons. The summed E-state index contributed by atoms with van der Waals surface area (Å²) >= 11 is 3.42. The van der Waals surface area contributed by atoms with Crippen LogP contribution < -0.4 is 4.74 Å². The molecule has 0 aliphatic rings. The Morgan fingerprint density at radius 1 is 0.944 bits per heavy atom. The number of aromatic nitrogens is 1. The van der Waals surface area contributed by atoms with Gasteiger partial charge in [0.25, 0.3) is 5.19 Å². The molecule has 4 heteroatoms. The highest BCUT2D eigenvalue weighted by molar-refractivity contribution is 7.25. The minimum absolute atomic E-state index is 0.725. The summed E-state index contributed by atoms with van der Waals surface area (Å²) < 4.78 is 7.05. The lowest BCUT2D eigenvalue weighted by Crippen LogP contribution is -1.82. The van der Waals surface area contributed by atoms with Gasteiger partial charge in [0.2, 0.25) is 0 Å². The lowest BCUT2D eigenvalue weighted by molar-refractivity contribution is 0.480. The van der Waals surface area contributed by atoms with E-state index in [-0.39, 0.29) is 0 Å². The lowest BCUT2D eigenvalue weighted by Gasteiger charge is -2.01. The number of hydrogen-bond acceptors (Lipinski definition) is 4. The van der Waals surface area contributed by atoms with E-state index in [1.54, 1.807) is 22.7 Å². The van der Waals surface area contributed by atoms with Gasteiger partial charge in [-0.05, 0) is 32.9 Å². The van der Waals surface area contributed by atoms with Gasteiger partial charge in [0, 0.05) is 9.75 Å². The summed E-state index contributed by atoms with van der Waals surface area (Å²) in [4.78, 5) is 7.14. The maximum absolute atomic E-state index is 5.80. The van der Waals surface area contributed by atoms with Gasteiger partial charge in [-0.25, -0.2) is 4.98 Å². The van der Waals surface area contributed by atoms with Crippen LogP contribution in [-0.4, -0.2) is 4.98 Å². The van der Waals surface area contributed by atoms with E-state index in [4.69, 9.17) is 4.74 Å². The van der Waals surface area contributed by atoms with Crippen LogP contribution in [0.3, 0.4) is 0 Å².